The minimum atomic E-state index is -0.0487. The van der Waals surface area contributed by atoms with Gasteiger partial charge in [-0.3, -0.25) is 9.78 Å². The second-order valence-electron chi connectivity index (χ2n) is 5.43. The third-order valence-corrected chi connectivity index (χ3v) is 4.99. The van der Waals surface area contributed by atoms with Crippen molar-refractivity contribution < 1.29 is 4.79 Å². The van der Waals surface area contributed by atoms with Crippen LogP contribution >= 0.6 is 11.3 Å². The topological polar surface area (TPSA) is 54.0 Å². The molecular weight excluding hydrogens is 258 g/mol. The highest BCUT2D eigenvalue weighted by Crippen LogP contribution is 2.28. The number of hydrogen-bond donors (Lipinski definition) is 2. The highest BCUT2D eigenvalue weighted by atomic mass is 32.1. The molecule has 19 heavy (non-hydrogen) atoms. The predicted octanol–water partition coefficient (Wildman–Crippen LogP) is 1.92. The number of fused-ring (bicyclic) bond motifs is 3. The number of carbonyl (C=O) groups excluding carboxylic acids is 1. The van der Waals surface area contributed by atoms with Gasteiger partial charge in [-0.1, -0.05) is 0 Å². The Balaban J connectivity index is 1.53. The lowest BCUT2D eigenvalue weighted by atomic mass is 9.95. The fourth-order valence-electron chi connectivity index (χ4n) is 3.21. The first kappa shape index (κ1) is 11.4. The summed E-state index contributed by atoms with van der Waals surface area (Å²) in [6.45, 7) is 0. The maximum absolute atomic E-state index is 12.2. The SMILES string of the molecule is O=C(NC1CC2CCC1N2)c1cc2cscc2cn1. The van der Waals surface area contributed by atoms with E-state index >= 15 is 0 Å². The van der Waals surface area contributed by atoms with Crippen molar-refractivity contribution in [3.8, 4) is 0 Å². The van der Waals surface area contributed by atoms with E-state index < -0.39 is 0 Å². The zero-order valence-corrected chi connectivity index (χ0v) is 11.2. The fourth-order valence-corrected chi connectivity index (χ4v) is 3.98. The summed E-state index contributed by atoms with van der Waals surface area (Å²) in [5.41, 5.74) is 0.522. The Hall–Kier alpha value is -1.46. The lowest BCUT2D eigenvalue weighted by Crippen LogP contribution is -2.43. The van der Waals surface area contributed by atoms with Crippen LogP contribution < -0.4 is 10.6 Å². The van der Waals surface area contributed by atoms with Gasteiger partial charge in [0.1, 0.15) is 5.69 Å². The smallest absolute Gasteiger partial charge is 0.270 e. The summed E-state index contributed by atoms with van der Waals surface area (Å²) < 4.78 is 0. The minimum Gasteiger partial charge on any atom is -0.346 e. The molecule has 0 spiro atoms. The summed E-state index contributed by atoms with van der Waals surface area (Å²) >= 11 is 1.63. The van der Waals surface area contributed by atoms with Gasteiger partial charge < -0.3 is 10.6 Å². The molecule has 98 valence electrons. The maximum atomic E-state index is 12.2. The number of thiophene rings is 1. The van der Waals surface area contributed by atoms with Crippen LogP contribution in [0, 0.1) is 0 Å². The highest BCUT2D eigenvalue weighted by molar-refractivity contribution is 7.09. The predicted molar refractivity (Wildman–Crippen MR) is 75.4 cm³/mol. The van der Waals surface area contributed by atoms with Gasteiger partial charge in [0.15, 0.2) is 0 Å². The zero-order chi connectivity index (χ0) is 12.8. The Morgan fingerprint density at radius 2 is 2.26 bits per heavy atom. The molecule has 4 nitrogen and oxygen atoms in total. The molecular formula is C14H15N3OS. The molecule has 3 atom stereocenters. The lowest BCUT2D eigenvalue weighted by Gasteiger charge is -2.21. The number of nitrogens with zero attached hydrogens (tertiary/aromatic N) is 1. The standard InChI is InChI=1S/C14H15N3OS/c18-14(17-12-4-10-1-2-11(12)16-10)13-3-8-6-19-7-9(8)5-15-13/h3,5-7,10-12,16H,1-2,4H2,(H,17,18). The Bertz CT molecular complexity index is 638. The van der Waals surface area contributed by atoms with E-state index in [-0.39, 0.29) is 11.9 Å². The molecule has 4 rings (SSSR count). The van der Waals surface area contributed by atoms with Crippen LogP contribution in [0.25, 0.3) is 10.8 Å². The average molecular weight is 273 g/mol. The lowest BCUT2D eigenvalue weighted by molar-refractivity contribution is 0.0926. The second kappa shape index (κ2) is 4.28. The van der Waals surface area contributed by atoms with Gasteiger partial charge in [-0.25, -0.2) is 0 Å². The summed E-state index contributed by atoms with van der Waals surface area (Å²) in [4.78, 5) is 16.5. The quantitative estimate of drug-likeness (QED) is 0.879. The number of amides is 1. The van der Waals surface area contributed by atoms with E-state index in [2.05, 4.69) is 15.6 Å². The van der Waals surface area contributed by atoms with Crippen LogP contribution in [-0.4, -0.2) is 29.0 Å². The van der Waals surface area contributed by atoms with E-state index in [9.17, 15) is 4.79 Å². The summed E-state index contributed by atoms with van der Waals surface area (Å²) in [5.74, 6) is -0.0487. The molecule has 2 aliphatic heterocycles. The molecule has 0 radical (unpaired) electrons. The number of rotatable bonds is 2. The number of nitrogens with one attached hydrogen (secondary N) is 2. The summed E-state index contributed by atoms with van der Waals surface area (Å²) in [6.07, 6.45) is 5.25. The van der Waals surface area contributed by atoms with Crippen LogP contribution in [0.5, 0.6) is 0 Å². The molecule has 2 fully saturated rings. The van der Waals surface area contributed by atoms with Gasteiger partial charge in [-0.15, -0.1) is 0 Å². The largest absolute Gasteiger partial charge is 0.346 e. The van der Waals surface area contributed by atoms with E-state index in [1.165, 1.54) is 12.8 Å². The number of hydrogen-bond acceptors (Lipinski definition) is 4. The van der Waals surface area contributed by atoms with Gasteiger partial charge >= 0.3 is 0 Å². The molecule has 2 aromatic heterocycles. The van der Waals surface area contributed by atoms with Crippen LogP contribution in [0.2, 0.25) is 0 Å². The van der Waals surface area contributed by atoms with E-state index in [0.717, 1.165) is 17.2 Å². The van der Waals surface area contributed by atoms with Crippen LogP contribution in [0.4, 0.5) is 0 Å². The first-order valence-electron chi connectivity index (χ1n) is 6.68. The van der Waals surface area contributed by atoms with Gasteiger partial charge in [0.25, 0.3) is 5.91 Å². The Kier molecular flexibility index (Phi) is 2.56. The molecule has 5 heteroatoms. The minimum absolute atomic E-state index is 0.0487. The van der Waals surface area contributed by atoms with E-state index in [0.29, 0.717) is 17.8 Å². The fraction of sp³-hybridized carbons (Fsp3) is 0.429. The van der Waals surface area contributed by atoms with Crippen molar-refractivity contribution in [1.29, 1.82) is 0 Å². The normalized spacial score (nSPS) is 28.9. The van der Waals surface area contributed by atoms with Crippen molar-refractivity contribution in [2.75, 3.05) is 0 Å². The van der Waals surface area contributed by atoms with Gasteiger partial charge in [0, 0.05) is 35.1 Å². The maximum Gasteiger partial charge on any atom is 0.270 e. The molecule has 2 aliphatic rings. The van der Waals surface area contributed by atoms with Crippen LogP contribution in [0.15, 0.2) is 23.0 Å². The summed E-state index contributed by atoms with van der Waals surface area (Å²) in [5, 5.41) is 12.9. The summed E-state index contributed by atoms with van der Waals surface area (Å²) in [6, 6.07) is 3.20. The third-order valence-electron chi connectivity index (χ3n) is 4.21. The molecule has 2 N–H and O–H groups in total. The first-order valence-corrected chi connectivity index (χ1v) is 7.63. The highest BCUT2D eigenvalue weighted by Gasteiger charge is 2.39. The third kappa shape index (κ3) is 1.93. The second-order valence-corrected chi connectivity index (χ2v) is 6.18. The summed E-state index contributed by atoms with van der Waals surface area (Å²) in [7, 11) is 0. The number of pyridine rings is 1. The van der Waals surface area contributed by atoms with Crippen LogP contribution in [0.1, 0.15) is 29.8 Å². The van der Waals surface area contributed by atoms with E-state index in [1.54, 1.807) is 17.5 Å². The zero-order valence-electron chi connectivity index (χ0n) is 10.4. The molecule has 0 saturated carbocycles. The molecule has 0 aliphatic carbocycles. The molecule has 2 bridgehead atoms. The Morgan fingerprint density at radius 3 is 3.05 bits per heavy atom. The van der Waals surface area contributed by atoms with Gasteiger partial charge in [-0.2, -0.15) is 11.3 Å². The van der Waals surface area contributed by atoms with Crippen molar-refractivity contribution in [3.63, 3.8) is 0 Å². The Labute approximate surface area is 115 Å². The molecule has 1 amide bonds. The molecule has 3 unspecified atom stereocenters. The number of carbonyl (C=O) groups is 1. The van der Waals surface area contributed by atoms with Crippen molar-refractivity contribution in [2.45, 2.75) is 37.4 Å². The van der Waals surface area contributed by atoms with Crippen molar-refractivity contribution in [2.24, 2.45) is 0 Å². The van der Waals surface area contributed by atoms with Crippen LogP contribution in [0.3, 0.4) is 0 Å². The van der Waals surface area contributed by atoms with Gasteiger partial charge in [0.2, 0.25) is 0 Å². The van der Waals surface area contributed by atoms with Gasteiger partial charge in [0.05, 0.1) is 0 Å². The van der Waals surface area contributed by atoms with E-state index in [1.807, 2.05) is 16.8 Å². The molecule has 0 aromatic carbocycles. The molecule has 2 aromatic rings. The van der Waals surface area contributed by atoms with Gasteiger partial charge in [-0.05, 0) is 36.1 Å². The van der Waals surface area contributed by atoms with E-state index in [4.69, 9.17) is 0 Å². The van der Waals surface area contributed by atoms with Crippen molar-refractivity contribution >= 4 is 28.0 Å². The van der Waals surface area contributed by atoms with Crippen molar-refractivity contribution in [3.05, 3.63) is 28.7 Å². The Morgan fingerprint density at radius 1 is 1.37 bits per heavy atom. The average Bonchev–Trinajstić information content (AvgIpc) is 3.13. The first-order chi connectivity index (χ1) is 9.29. The van der Waals surface area contributed by atoms with Crippen molar-refractivity contribution in [1.82, 2.24) is 15.6 Å². The monoisotopic (exact) mass is 273 g/mol. The number of aromatic nitrogens is 1. The van der Waals surface area contributed by atoms with Crippen LogP contribution in [-0.2, 0) is 0 Å². The molecule has 2 saturated heterocycles. The molecule has 4 heterocycles.